The summed E-state index contributed by atoms with van der Waals surface area (Å²) < 4.78 is 0. The molecule has 2 atom stereocenters. The first kappa shape index (κ1) is 12.2. The van der Waals surface area contributed by atoms with Gasteiger partial charge in [0, 0.05) is 5.92 Å². The zero-order valence-electron chi connectivity index (χ0n) is 11.1. The summed E-state index contributed by atoms with van der Waals surface area (Å²) in [5.41, 5.74) is 5.00. The third-order valence-electron chi connectivity index (χ3n) is 3.82. The summed E-state index contributed by atoms with van der Waals surface area (Å²) in [6.07, 6.45) is 2.75. The molecule has 1 fully saturated rings. The Labute approximate surface area is 114 Å². The number of hydrogen-bond donors (Lipinski definition) is 1. The van der Waals surface area contributed by atoms with Crippen molar-refractivity contribution in [1.82, 2.24) is 0 Å². The van der Waals surface area contributed by atoms with Gasteiger partial charge in [0.25, 0.3) is 0 Å². The lowest BCUT2D eigenvalue weighted by atomic mass is 9.71. The summed E-state index contributed by atoms with van der Waals surface area (Å²) in [4.78, 5) is 0. The first-order chi connectivity index (χ1) is 9.24. The molecule has 0 amide bonds. The van der Waals surface area contributed by atoms with E-state index in [0.29, 0.717) is 0 Å². The molecule has 1 N–H and O–H groups in total. The smallest absolute Gasteiger partial charge is 0.0683 e. The highest BCUT2D eigenvalue weighted by atomic mass is 16.3. The van der Waals surface area contributed by atoms with Crippen molar-refractivity contribution in [2.75, 3.05) is 0 Å². The quantitative estimate of drug-likeness (QED) is 0.856. The molecule has 1 nitrogen and oxygen atoms in total. The number of aryl methyl sites for hydroxylation is 1. The van der Waals surface area contributed by atoms with Crippen LogP contribution in [-0.4, -0.2) is 11.2 Å². The zero-order chi connectivity index (χ0) is 13.2. The van der Waals surface area contributed by atoms with Crippen molar-refractivity contribution in [3.63, 3.8) is 0 Å². The molecule has 1 heteroatoms. The van der Waals surface area contributed by atoms with Gasteiger partial charge in [0.1, 0.15) is 0 Å². The van der Waals surface area contributed by atoms with Gasteiger partial charge in [-0.25, -0.2) is 0 Å². The lowest BCUT2D eigenvalue weighted by molar-refractivity contribution is 0.112. The topological polar surface area (TPSA) is 20.2 Å². The molecule has 3 rings (SSSR count). The maximum Gasteiger partial charge on any atom is 0.0683 e. The van der Waals surface area contributed by atoms with Gasteiger partial charge < -0.3 is 5.11 Å². The fourth-order valence-electron chi connectivity index (χ4n) is 2.69. The third-order valence-corrected chi connectivity index (χ3v) is 3.82. The molecule has 96 valence electrons. The molecule has 2 aromatic carbocycles. The first-order valence-electron chi connectivity index (χ1n) is 6.74. The van der Waals surface area contributed by atoms with Crippen LogP contribution in [0, 0.1) is 6.92 Å². The Hall–Kier alpha value is -1.86. The van der Waals surface area contributed by atoms with Crippen LogP contribution in [0.3, 0.4) is 0 Å². The van der Waals surface area contributed by atoms with E-state index in [1.807, 2.05) is 18.2 Å². The lowest BCUT2D eigenvalue weighted by Crippen LogP contribution is -2.31. The number of benzene rings is 2. The minimum atomic E-state index is -0.238. The molecule has 0 spiro atoms. The second kappa shape index (κ2) is 5.02. The molecule has 1 aliphatic rings. The van der Waals surface area contributed by atoms with E-state index in [4.69, 9.17) is 0 Å². The number of aliphatic hydroxyl groups excluding tert-OH is 1. The lowest BCUT2D eigenvalue weighted by Gasteiger charge is -2.36. The van der Waals surface area contributed by atoms with Gasteiger partial charge in [-0.3, -0.25) is 0 Å². The van der Waals surface area contributed by atoms with Crippen molar-refractivity contribution in [3.8, 4) is 0 Å². The van der Waals surface area contributed by atoms with Crippen LogP contribution in [0.15, 0.2) is 60.2 Å². The van der Waals surface area contributed by atoms with E-state index in [2.05, 4.69) is 49.4 Å². The van der Waals surface area contributed by atoms with E-state index < -0.39 is 0 Å². The standard InChI is InChI=1S/C18H18O/c1-13-7-9-15(10-8-13)18-16(12-17(18)19)11-14-5-3-2-4-6-14/h2-11,17-19H,12H2,1H3/b16-11+/t17-,18-/m0/s1. The summed E-state index contributed by atoms with van der Waals surface area (Å²) in [6.45, 7) is 2.09. The molecule has 2 aromatic rings. The van der Waals surface area contributed by atoms with Gasteiger partial charge in [-0.2, -0.15) is 0 Å². The van der Waals surface area contributed by atoms with E-state index in [-0.39, 0.29) is 12.0 Å². The summed E-state index contributed by atoms with van der Waals surface area (Å²) in [6, 6.07) is 18.8. The predicted molar refractivity (Wildman–Crippen MR) is 79.0 cm³/mol. The van der Waals surface area contributed by atoms with E-state index in [1.165, 1.54) is 22.3 Å². The second-order valence-corrected chi connectivity index (χ2v) is 5.29. The van der Waals surface area contributed by atoms with Gasteiger partial charge in [-0.1, -0.05) is 71.8 Å². The SMILES string of the molecule is Cc1ccc([C@H]2/C(=C/c3ccccc3)C[C@@H]2O)cc1. The van der Waals surface area contributed by atoms with Crippen LogP contribution in [0.25, 0.3) is 6.08 Å². The maximum atomic E-state index is 10.0. The first-order valence-corrected chi connectivity index (χ1v) is 6.74. The zero-order valence-corrected chi connectivity index (χ0v) is 11.1. The molecule has 0 aromatic heterocycles. The summed E-state index contributed by atoms with van der Waals surface area (Å²) in [5.74, 6) is 0.167. The fraction of sp³-hybridized carbons (Fsp3) is 0.222. The highest BCUT2D eigenvalue weighted by molar-refractivity contribution is 5.58. The molecule has 0 radical (unpaired) electrons. The second-order valence-electron chi connectivity index (χ2n) is 5.29. The maximum absolute atomic E-state index is 10.0. The predicted octanol–water partition coefficient (Wildman–Crippen LogP) is 3.93. The minimum Gasteiger partial charge on any atom is -0.392 e. The molecule has 1 saturated carbocycles. The largest absolute Gasteiger partial charge is 0.392 e. The summed E-state index contributed by atoms with van der Waals surface area (Å²) in [5, 5.41) is 10.0. The van der Waals surface area contributed by atoms with Crippen molar-refractivity contribution in [2.45, 2.75) is 25.4 Å². The Morgan fingerprint density at radius 1 is 1.00 bits per heavy atom. The van der Waals surface area contributed by atoms with Gasteiger partial charge >= 0.3 is 0 Å². The van der Waals surface area contributed by atoms with Gasteiger partial charge in [-0.05, 0) is 24.5 Å². The molecule has 0 aliphatic heterocycles. The van der Waals surface area contributed by atoms with Crippen molar-refractivity contribution in [2.24, 2.45) is 0 Å². The number of hydrogen-bond acceptors (Lipinski definition) is 1. The van der Waals surface area contributed by atoms with Crippen molar-refractivity contribution >= 4 is 6.08 Å². The van der Waals surface area contributed by atoms with Crippen LogP contribution in [-0.2, 0) is 0 Å². The Morgan fingerprint density at radius 3 is 2.32 bits per heavy atom. The fourth-order valence-corrected chi connectivity index (χ4v) is 2.69. The van der Waals surface area contributed by atoms with Crippen LogP contribution in [0.4, 0.5) is 0 Å². The van der Waals surface area contributed by atoms with Crippen LogP contribution >= 0.6 is 0 Å². The molecule has 0 unspecified atom stereocenters. The van der Waals surface area contributed by atoms with Crippen molar-refractivity contribution in [3.05, 3.63) is 76.9 Å². The van der Waals surface area contributed by atoms with Crippen molar-refractivity contribution < 1.29 is 5.11 Å². The Bertz CT molecular complexity index is 581. The van der Waals surface area contributed by atoms with Gasteiger partial charge in [-0.15, -0.1) is 0 Å². The van der Waals surface area contributed by atoms with E-state index in [1.54, 1.807) is 0 Å². The summed E-state index contributed by atoms with van der Waals surface area (Å²) >= 11 is 0. The van der Waals surface area contributed by atoms with Gasteiger partial charge in [0.05, 0.1) is 6.10 Å². The van der Waals surface area contributed by atoms with Crippen LogP contribution in [0.1, 0.15) is 29.0 Å². The normalized spacial score (nSPS) is 24.2. The molecular formula is C18H18O. The highest BCUT2D eigenvalue weighted by Gasteiger charge is 2.35. The van der Waals surface area contributed by atoms with Crippen LogP contribution < -0.4 is 0 Å². The molecule has 0 heterocycles. The van der Waals surface area contributed by atoms with Crippen LogP contribution in [0.5, 0.6) is 0 Å². The average Bonchev–Trinajstić information content (AvgIpc) is 2.42. The molecular weight excluding hydrogens is 232 g/mol. The molecule has 0 saturated heterocycles. The monoisotopic (exact) mass is 250 g/mol. The van der Waals surface area contributed by atoms with Crippen molar-refractivity contribution in [1.29, 1.82) is 0 Å². The van der Waals surface area contributed by atoms with Gasteiger partial charge in [0.2, 0.25) is 0 Å². The van der Waals surface area contributed by atoms with E-state index >= 15 is 0 Å². The van der Waals surface area contributed by atoms with Gasteiger partial charge in [0.15, 0.2) is 0 Å². The minimum absolute atomic E-state index is 0.167. The molecule has 0 bridgehead atoms. The Morgan fingerprint density at radius 2 is 1.68 bits per heavy atom. The summed E-state index contributed by atoms with van der Waals surface area (Å²) in [7, 11) is 0. The van der Waals surface area contributed by atoms with E-state index in [9.17, 15) is 5.11 Å². The van der Waals surface area contributed by atoms with E-state index in [0.717, 1.165) is 6.42 Å². The highest BCUT2D eigenvalue weighted by Crippen LogP contribution is 2.43. The Kier molecular flexibility index (Phi) is 3.22. The average molecular weight is 250 g/mol. The van der Waals surface area contributed by atoms with Crippen LogP contribution in [0.2, 0.25) is 0 Å². The number of rotatable bonds is 2. The number of aliphatic hydroxyl groups is 1. The molecule has 19 heavy (non-hydrogen) atoms. The third kappa shape index (κ3) is 2.47. The molecule has 1 aliphatic carbocycles. The Balaban J connectivity index is 1.88.